The van der Waals surface area contributed by atoms with Crippen molar-refractivity contribution in [1.29, 1.82) is 0 Å². The molecule has 2 unspecified atom stereocenters. The van der Waals surface area contributed by atoms with Crippen LogP contribution >= 0.6 is 0 Å². The van der Waals surface area contributed by atoms with Crippen LogP contribution in [0.25, 0.3) is 0 Å². The van der Waals surface area contributed by atoms with Crippen LogP contribution in [0.4, 0.5) is 0 Å². The summed E-state index contributed by atoms with van der Waals surface area (Å²) in [5.74, 6) is 0.887. The lowest BCUT2D eigenvalue weighted by Crippen LogP contribution is -2.25. The van der Waals surface area contributed by atoms with Crippen molar-refractivity contribution >= 4 is 5.97 Å². The summed E-state index contributed by atoms with van der Waals surface area (Å²) in [7, 11) is 0. The Morgan fingerprint density at radius 3 is 2.62 bits per heavy atom. The van der Waals surface area contributed by atoms with Gasteiger partial charge in [-0.1, -0.05) is 62.9 Å². The molecule has 0 heterocycles. The summed E-state index contributed by atoms with van der Waals surface area (Å²) in [5, 5.41) is 0. The van der Waals surface area contributed by atoms with Gasteiger partial charge in [-0.2, -0.15) is 0 Å². The third-order valence-electron chi connectivity index (χ3n) is 5.04. The number of esters is 1. The Balaban J connectivity index is 1.85. The van der Waals surface area contributed by atoms with E-state index in [0.29, 0.717) is 17.4 Å². The van der Waals surface area contributed by atoms with Gasteiger partial charge in [0.05, 0.1) is 0 Å². The molecule has 0 saturated heterocycles. The maximum Gasteiger partial charge on any atom is 0.333 e. The Hall–Kier alpha value is -1.57. The molecule has 0 spiro atoms. The number of hydrogen-bond donors (Lipinski definition) is 0. The van der Waals surface area contributed by atoms with Crippen LogP contribution in [0, 0.1) is 11.8 Å². The lowest BCUT2D eigenvalue weighted by atomic mass is 9.77. The van der Waals surface area contributed by atoms with Crippen molar-refractivity contribution in [2.45, 2.75) is 51.6 Å². The number of rotatable bonds is 3. The number of hydrogen-bond acceptors (Lipinski definition) is 2. The Labute approximate surface area is 127 Å². The van der Waals surface area contributed by atoms with Crippen LogP contribution in [0.3, 0.4) is 0 Å². The first-order valence-electron chi connectivity index (χ1n) is 8.11. The topological polar surface area (TPSA) is 26.3 Å². The minimum absolute atomic E-state index is 0.0755. The van der Waals surface area contributed by atoms with E-state index in [0.717, 1.165) is 6.42 Å². The molecule has 1 saturated carbocycles. The summed E-state index contributed by atoms with van der Waals surface area (Å²) in [6.07, 6.45) is 7.52. The first-order valence-corrected chi connectivity index (χ1v) is 8.11. The zero-order valence-electron chi connectivity index (χ0n) is 12.8. The van der Waals surface area contributed by atoms with Gasteiger partial charge in [0.1, 0.15) is 6.10 Å². The largest absolute Gasteiger partial charge is 0.454 e. The molecule has 21 heavy (non-hydrogen) atoms. The number of ether oxygens (including phenoxy) is 1. The van der Waals surface area contributed by atoms with E-state index in [9.17, 15) is 4.79 Å². The minimum Gasteiger partial charge on any atom is -0.454 e. The molecule has 2 nitrogen and oxygen atoms in total. The van der Waals surface area contributed by atoms with E-state index in [1.165, 1.54) is 43.2 Å². The van der Waals surface area contributed by atoms with Gasteiger partial charge in [-0.25, -0.2) is 4.79 Å². The monoisotopic (exact) mass is 284 g/mol. The zero-order chi connectivity index (χ0) is 14.8. The average molecular weight is 284 g/mol. The smallest absolute Gasteiger partial charge is 0.333 e. The van der Waals surface area contributed by atoms with E-state index >= 15 is 0 Å². The second-order valence-electron chi connectivity index (χ2n) is 6.57. The highest BCUT2D eigenvalue weighted by Crippen LogP contribution is 2.46. The van der Waals surface area contributed by atoms with Gasteiger partial charge in [0.15, 0.2) is 0 Å². The molecular formula is C19H24O2. The fraction of sp³-hybridized carbons (Fsp3) is 0.526. The van der Waals surface area contributed by atoms with Crippen molar-refractivity contribution in [3.63, 3.8) is 0 Å². The molecule has 2 heteroatoms. The Kier molecular flexibility index (Phi) is 4.14. The van der Waals surface area contributed by atoms with Gasteiger partial charge in [-0.15, -0.1) is 0 Å². The van der Waals surface area contributed by atoms with E-state index in [-0.39, 0.29) is 12.1 Å². The molecule has 2 aliphatic carbocycles. The number of carbonyl (C=O) groups is 1. The second kappa shape index (κ2) is 6.05. The molecule has 1 aromatic rings. The lowest BCUT2D eigenvalue weighted by molar-refractivity contribution is -0.148. The third kappa shape index (κ3) is 2.90. The van der Waals surface area contributed by atoms with Gasteiger partial charge < -0.3 is 4.74 Å². The molecule has 2 atom stereocenters. The predicted octanol–water partition coefficient (Wildman–Crippen LogP) is 4.60. The first-order chi connectivity index (χ1) is 10.2. The zero-order valence-corrected chi connectivity index (χ0v) is 12.8. The first kappa shape index (κ1) is 14.4. The summed E-state index contributed by atoms with van der Waals surface area (Å²) in [4.78, 5) is 12.0. The Morgan fingerprint density at radius 1 is 1.19 bits per heavy atom. The van der Waals surface area contributed by atoms with Gasteiger partial charge in [-0.3, -0.25) is 0 Å². The van der Waals surface area contributed by atoms with E-state index < -0.39 is 0 Å². The van der Waals surface area contributed by atoms with Crippen LogP contribution in [0.1, 0.15) is 56.3 Å². The fourth-order valence-corrected chi connectivity index (χ4v) is 3.93. The number of carbonyl (C=O) groups excluding carboxylic acids is 1. The van der Waals surface area contributed by atoms with Crippen molar-refractivity contribution in [1.82, 2.24) is 0 Å². The molecule has 1 aromatic carbocycles. The summed E-state index contributed by atoms with van der Waals surface area (Å²) in [5.41, 5.74) is 3.05. The standard InChI is InChI=1S/C19H24O2/c1-13(2)19(20)21-18-16-11-7-6-10-15(16)12-17(18)14-8-4-3-5-9-14/h6-7,10-11,14,17-18H,1,3-5,8-9,12H2,2H3. The quantitative estimate of drug-likeness (QED) is 0.599. The van der Waals surface area contributed by atoms with E-state index in [1.54, 1.807) is 6.92 Å². The maximum absolute atomic E-state index is 12.0. The summed E-state index contributed by atoms with van der Waals surface area (Å²) < 4.78 is 5.83. The maximum atomic E-state index is 12.0. The predicted molar refractivity (Wildman–Crippen MR) is 83.9 cm³/mol. The van der Waals surface area contributed by atoms with E-state index in [4.69, 9.17) is 4.74 Å². The molecule has 1 fully saturated rings. The Bertz CT molecular complexity index is 540. The molecule has 3 rings (SSSR count). The summed E-state index contributed by atoms with van der Waals surface area (Å²) in [6, 6.07) is 8.43. The van der Waals surface area contributed by atoms with Gasteiger partial charge in [0.25, 0.3) is 0 Å². The van der Waals surface area contributed by atoms with Crippen LogP contribution < -0.4 is 0 Å². The second-order valence-corrected chi connectivity index (χ2v) is 6.57. The SMILES string of the molecule is C=C(C)C(=O)OC1c2ccccc2CC1C1CCCCC1. The van der Waals surface area contributed by atoms with Gasteiger partial charge in [-0.05, 0) is 30.4 Å². The molecule has 0 N–H and O–H groups in total. The van der Waals surface area contributed by atoms with Crippen LogP contribution in [-0.4, -0.2) is 5.97 Å². The van der Waals surface area contributed by atoms with Crippen molar-refractivity contribution < 1.29 is 9.53 Å². The minimum atomic E-state index is -0.252. The van der Waals surface area contributed by atoms with Crippen molar-refractivity contribution in [3.05, 3.63) is 47.5 Å². The van der Waals surface area contributed by atoms with Crippen LogP contribution in [0.2, 0.25) is 0 Å². The third-order valence-corrected chi connectivity index (χ3v) is 5.04. The molecule has 112 valence electrons. The highest BCUT2D eigenvalue weighted by atomic mass is 16.5. The van der Waals surface area contributed by atoms with Crippen molar-refractivity contribution in [2.75, 3.05) is 0 Å². The van der Waals surface area contributed by atoms with Crippen molar-refractivity contribution in [3.8, 4) is 0 Å². The molecule has 0 amide bonds. The van der Waals surface area contributed by atoms with Gasteiger partial charge in [0, 0.05) is 11.5 Å². The van der Waals surface area contributed by atoms with Crippen molar-refractivity contribution in [2.24, 2.45) is 11.8 Å². The van der Waals surface area contributed by atoms with Crippen LogP contribution in [0.15, 0.2) is 36.4 Å². The van der Waals surface area contributed by atoms with Crippen LogP contribution in [0.5, 0.6) is 0 Å². The molecule has 2 aliphatic rings. The summed E-state index contributed by atoms with van der Waals surface area (Å²) in [6.45, 7) is 5.44. The normalized spacial score (nSPS) is 25.4. The number of fused-ring (bicyclic) bond motifs is 1. The molecule has 0 aliphatic heterocycles. The van der Waals surface area contributed by atoms with E-state index in [2.05, 4.69) is 24.8 Å². The van der Waals surface area contributed by atoms with Gasteiger partial charge >= 0.3 is 5.97 Å². The Morgan fingerprint density at radius 2 is 1.90 bits per heavy atom. The molecular weight excluding hydrogens is 260 g/mol. The fourth-order valence-electron chi connectivity index (χ4n) is 3.93. The van der Waals surface area contributed by atoms with E-state index in [1.807, 2.05) is 6.07 Å². The highest BCUT2D eigenvalue weighted by Gasteiger charge is 2.40. The summed E-state index contributed by atoms with van der Waals surface area (Å²) >= 11 is 0. The number of benzene rings is 1. The van der Waals surface area contributed by atoms with Crippen LogP contribution in [-0.2, 0) is 16.0 Å². The molecule has 0 bridgehead atoms. The van der Waals surface area contributed by atoms with Gasteiger partial charge in [0.2, 0.25) is 0 Å². The highest BCUT2D eigenvalue weighted by molar-refractivity contribution is 5.87. The molecule has 0 radical (unpaired) electrons. The average Bonchev–Trinajstić information content (AvgIpc) is 2.87. The molecule has 0 aromatic heterocycles. The lowest BCUT2D eigenvalue weighted by Gasteiger charge is -2.31.